The van der Waals surface area contributed by atoms with Gasteiger partial charge in [0.05, 0.1) is 5.69 Å². The molecule has 3 heterocycles. The maximum atomic E-state index is 12.4. The highest BCUT2D eigenvalue weighted by atomic mass is 16.5. The van der Waals surface area contributed by atoms with Crippen LogP contribution >= 0.6 is 0 Å². The molecule has 6 nitrogen and oxygen atoms in total. The zero-order valence-corrected chi connectivity index (χ0v) is 16.5. The lowest BCUT2D eigenvalue weighted by Gasteiger charge is -2.35. The number of nitrogens with one attached hydrogen (secondary N) is 1. The van der Waals surface area contributed by atoms with Crippen LogP contribution in [0.25, 0.3) is 0 Å². The molecule has 2 aromatic heterocycles. The van der Waals surface area contributed by atoms with Gasteiger partial charge in [0.2, 0.25) is 5.76 Å². The first-order chi connectivity index (χ1) is 13.8. The van der Waals surface area contributed by atoms with Gasteiger partial charge in [0.15, 0.2) is 0 Å². The summed E-state index contributed by atoms with van der Waals surface area (Å²) in [7, 11) is 0. The number of hydrogen-bond acceptors (Lipinski definition) is 5. The molecular formula is C22H30N4O2. The monoisotopic (exact) mass is 382 g/mol. The van der Waals surface area contributed by atoms with Crippen molar-refractivity contribution in [3.63, 3.8) is 0 Å². The van der Waals surface area contributed by atoms with Crippen LogP contribution < -0.4 is 5.32 Å². The molecule has 2 aromatic rings. The lowest BCUT2D eigenvalue weighted by atomic mass is 9.87. The number of carbonyl (C=O) groups is 1. The molecule has 150 valence electrons. The highest BCUT2D eigenvalue weighted by molar-refractivity contribution is 5.91. The Morgan fingerprint density at radius 3 is 2.79 bits per heavy atom. The van der Waals surface area contributed by atoms with E-state index >= 15 is 0 Å². The zero-order chi connectivity index (χ0) is 19.2. The molecule has 2 aliphatic rings. The third-order valence-corrected chi connectivity index (χ3v) is 6.12. The second kappa shape index (κ2) is 9.32. The minimum atomic E-state index is -0.217. The third-order valence-electron chi connectivity index (χ3n) is 6.12. The largest absolute Gasteiger partial charge is 0.351 e. The van der Waals surface area contributed by atoms with E-state index in [0.29, 0.717) is 18.2 Å². The summed E-state index contributed by atoms with van der Waals surface area (Å²) in [4.78, 5) is 19.0. The first-order valence-corrected chi connectivity index (χ1v) is 10.6. The smallest absolute Gasteiger partial charge is 0.290 e. The minimum absolute atomic E-state index is 0.217. The number of aromatic nitrogens is 2. The van der Waals surface area contributed by atoms with Crippen molar-refractivity contribution in [1.82, 2.24) is 20.4 Å². The van der Waals surface area contributed by atoms with Crippen LogP contribution in [0.2, 0.25) is 0 Å². The normalized spacial score (nSPS) is 21.5. The van der Waals surface area contributed by atoms with Crippen molar-refractivity contribution in [1.29, 1.82) is 0 Å². The molecule has 4 rings (SSSR count). The Labute approximate surface area is 166 Å². The van der Waals surface area contributed by atoms with Gasteiger partial charge in [0.25, 0.3) is 5.91 Å². The highest BCUT2D eigenvalue weighted by Crippen LogP contribution is 2.30. The fraction of sp³-hybridized carbons (Fsp3) is 0.591. The van der Waals surface area contributed by atoms with Crippen LogP contribution in [-0.4, -0.2) is 40.6 Å². The third kappa shape index (κ3) is 4.98. The Morgan fingerprint density at radius 1 is 1.14 bits per heavy atom. The van der Waals surface area contributed by atoms with E-state index in [4.69, 9.17) is 4.52 Å². The number of carbonyl (C=O) groups excluding carboxylic acids is 1. The zero-order valence-electron chi connectivity index (χ0n) is 16.5. The molecule has 28 heavy (non-hydrogen) atoms. The van der Waals surface area contributed by atoms with E-state index in [1.807, 2.05) is 18.2 Å². The van der Waals surface area contributed by atoms with E-state index in [0.717, 1.165) is 30.1 Å². The van der Waals surface area contributed by atoms with Gasteiger partial charge in [0.1, 0.15) is 0 Å². The molecule has 1 N–H and O–H groups in total. The summed E-state index contributed by atoms with van der Waals surface area (Å²) >= 11 is 0. The molecule has 0 aromatic carbocycles. The van der Waals surface area contributed by atoms with E-state index in [-0.39, 0.29) is 5.91 Å². The van der Waals surface area contributed by atoms with Gasteiger partial charge in [-0.1, -0.05) is 24.4 Å². The summed E-state index contributed by atoms with van der Waals surface area (Å²) < 4.78 is 5.36. The van der Waals surface area contributed by atoms with E-state index < -0.39 is 0 Å². The fourth-order valence-electron chi connectivity index (χ4n) is 4.56. The van der Waals surface area contributed by atoms with E-state index in [2.05, 4.69) is 20.4 Å². The number of hydrogen-bond donors (Lipinski definition) is 1. The molecular weight excluding hydrogens is 352 g/mol. The van der Waals surface area contributed by atoms with Crippen LogP contribution in [0.15, 0.2) is 35.1 Å². The topological polar surface area (TPSA) is 71.3 Å². The maximum Gasteiger partial charge on any atom is 0.290 e. The molecule has 6 heteroatoms. The summed E-state index contributed by atoms with van der Waals surface area (Å²) in [6.07, 6.45) is 12.7. The second-order valence-electron chi connectivity index (χ2n) is 8.26. The van der Waals surface area contributed by atoms with Crippen LogP contribution in [0, 0.1) is 5.92 Å². The number of pyridine rings is 1. The predicted octanol–water partition coefficient (Wildman–Crippen LogP) is 3.76. The lowest BCUT2D eigenvalue weighted by Crippen LogP contribution is -2.38. The number of piperidine rings is 1. The van der Waals surface area contributed by atoms with Crippen LogP contribution in [0.5, 0.6) is 0 Å². The fourth-order valence-corrected chi connectivity index (χ4v) is 4.56. The SMILES string of the molecule is O=C(NCc1ccncc1)c1cc([C@H]2CCCN(CC3CCCCC3)C2)no1. The van der Waals surface area contributed by atoms with E-state index in [1.165, 1.54) is 51.6 Å². The van der Waals surface area contributed by atoms with Gasteiger partial charge in [-0.15, -0.1) is 0 Å². The standard InChI is InChI=1S/C22H30N4O2/c27-22(24-14-17-8-10-23-11-9-17)21-13-20(25-28-21)19-7-4-12-26(16-19)15-18-5-2-1-3-6-18/h8-11,13,18-19H,1-7,12,14-16H2,(H,24,27)/t19-/m0/s1. The quantitative estimate of drug-likeness (QED) is 0.824. The first-order valence-electron chi connectivity index (χ1n) is 10.6. The van der Waals surface area contributed by atoms with Crippen LogP contribution in [-0.2, 0) is 6.54 Å². The Balaban J connectivity index is 1.30. The lowest BCUT2D eigenvalue weighted by molar-refractivity contribution is 0.0913. The summed E-state index contributed by atoms with van der Waals surface area (Å²) in [5.74, 6) is 1.31. The van der Waals surface area contributed by atoms with Gasteiger partial charge in [-0.25, -0.2) is 0 Å². The maximum absolute atomic E-state index is 12.4. The van der Waals surface area contributed by atoms with Gasteiger partial charge >= 0.3 is 0 Å². The summed E-state index contributed by atoms with van der Waals surface area (Å²) in [6.45, 7) is 3.88. The summed E-state index contributed by atoms with van der Waals surface area (Å²) in [6, 6.07) is 5.60. The van der Waals surface area contributed by atoms with Gasteiger partial charge in [-0.2, -0.15) is 0 Å². The van der Waals surface area contributed by atoms with Gasteiger partial charge in [-0.3, -0.25) is 9.78 Å². The molecule has 0 bridgehead atoms. The molecule has 2 fully saturated rings. The molecule has 0 unspecified atom stereocenters. The summed E-state index contributed by atoms with van der Waals surface area (Å²) in [5, 5.41) is 7.11. The van der Waals surface area contributed by atoms with E-state index in [9.17, 15) is 4.79 Å². The molecule has 1 amide bonds. The van der Waals surface area contributed by atoms with E-state index in [1.54, 1.807) is 12.4 Å². The predicted molar refractivity (Wildman–Crippen MR) is 107 cm³/mol. The molecule has 1 aliphatic carbocycles. The number of rotatable bonds is 6. The first kappa shape index (κ1) is 19.1. The Hall–Kier alpha value is -2.21. The van der Waals surface area contributed by atoms with Crippen molar-refractivity contribution in [3.8, 4) is 0 Å². The molecule has 0 radical (unpaired) electrons. The van der Waals surface area contributed by atoms with Crippen molar-refractivity contribution in [3.05, 3.63) is 47.6 Å². The highest BCUT2D eigenvalue weighted by Gasteiger charge is 2.27. The van der Waals surface area contributed by atoms with Crippen LogP contribution in [0.1, 0.15) is 72.7 Å². The van der Waals surface area contributed by atoms with Crippen molar-refractivity contribution in [2.24, 2.45) is 5.92 Å². The van der Waals surface area contributed by atoms with Gasteiger partial charge in [-0.05, 0) is 55.8 Å². The van der Waals surface area contributed by atoms with Crippen molar-refractivity contribution in [2.45, 2.75) is 57.4 Å². The van der Waals surface area contributed by atoms with Gasteiger partial charge in [0, 0.05) is 44.0 Å². The Kier molecular flexibility index (Phi) is 6.37. The molecule has 1 atom stereocenters. The van der Waals surface area contributed by atoms with Gasteiger partial charge < -0.3 is 14.7 Å². The average molecular weight is 383 g/mol. The molecule has 1 saturated carbocycles. The Morgan fingerprint density at radius 2 is 1.96 bits per heavy atom. The minimum Gasteiger partial charge on any atom is -0.351 e. The molecule has 0 spiro atoms. The van der Waals surface area contributed by atoms with Crippen LogP contribution in [0.3, 0.4) is 0 Å². The second-order valence-corrected chi connectivity index (χ2v) is 8.26. The van der Waals surface area contributed by atoms with Crippen molar-refractivity contribution in [2.75, 3.05) is 19.6 Å². The van der Waals surface area contributed by atoms with Crippen molar-refractivity contribution < 1.29 is 9.32 Å². The number of likely N-dealkylation sites (tertiary alicyclic amines) is 1. The molecule has 1 saturated heterocycles. The Bertz CT molecular complexity index is 755. The van der Waals surface area contributed by atoms with Crippen molar-refractivity contribution >= 4 is 5.91 Å². The van der Waals surface area contributed by atoms with Crippen LogP contribution in [0.4, 0.5) is 0 Å². The number of nitrogens with zero attached hydrogens (tertiary/aromatic N) is 3. The molecule has 1 aliphatic heterocycles. The number of amides is 1. The summed E-state index contributed by atoms with van der Waals surface area (Å²) in [5.41, 5.74) is 1.93. The average Bonchev–Trinajstić information content (AvgIpc) is 3.24.